The van der Waals surface area contributed by atoms with Gasteiger partial charge in [0.05, 0.1) is 38.1 Å². The van der Waals surface area contributed by atoms with Crippen molar-refractivity contribution < 1.29 is 18.6 Å². The third-order valence-corrected chi connectivity index (χ3v) is 5.41. The molecule has 0 atom stereocenters. The molecule has 1 aliphatic rings. The van der Waals surface area contributed by atoms with Gasteiger partial charge in [-0.05, 0) is 36.8 Å². The Kier molecular flexibility index (Phi) is 7.01. The molecule has 164 valence electrons. The second kappa shape index (κ2) is 10.1. The predicted octanol–water partition coefficient (Wildman–Crippen LogP) is 4.17. The average molecular weight is 447 g/mol. The van der Waals surface area contributed by atoms with E-state index in [2.05, 4.69) is 14.9 Å². The summed E-state index contributed by atoms with van der Waals surface area (Å²) in [5.74, 6) is 1.18. The molecule has 3 aromatic rings. The Morgan fingerprint density at radius 2 is 1.94 bits per heavy atom. The second-order valence-corrected chi connectivity index (χ2v) is 7.48. The number of nitrogens with zero attached hydrogens (tertiary/aromatic N) is 4. The first-order chi connectivity index (χ1) is 15.1. The van der Waals surface area contributed by atoms with Crippen LogP contribution in [-0.4, -0.2) is 61.4 Å². The standard InChI is InChI=1S/C22H24ClFN4O3/c1-29-20-14-19-16(13-21(20)31-10-2-7-27-8-11-30-12-9-27)15-25-22(26-19)28(23)18-5-3-17(24)4-6-18/h3-6,13-15H,2,7-12H2,1H3. The molecule has 0 N–H and O–H groups in total. The van der Waals surface area contributed by atoms with Gasteiger partial charge in [-0.15, -0.1) is 0 Å². The molecular formula is C22H24ClFN4O3. The van der Waals surface area contributed by atoms with Crippen LogP contribution < -0.4 is 13.9 Å². The molecule has 1 aromatic heterocycles. The first-order valence-electron chi connectivity index (χ1n) is 10.1. The molecule has 7 nitrogen and oxygen atoms in total. The van der Waals surface area contributed by atoms with Crippen LogP contribution in [0.1, 0.15) is 6.42 Å². The Morgan fingerprint density at radius 3 is 2.68 bits per heavy atom. The van der Waals surface area contributed by atoms with Crippen molar-refractivity contribution in [1.29, 1.82) is 0 Å². The van der Waals surface area contributed by atoms with Crippen molar-refractivity contribution in [3.05, 3.63) is 48.4 Å². The maximum Gasteiger partial charge on any atom is 0.245 e. The van der Waals surface area contributed by atoms with E-state index in [0.29, 0.717) is 29.3 Å². The number of halogens is 2. The highest BCUT2D eigenvalue weighted by atomic mass is 35.5. The second-order valence-electron chi connectivity index (χ2n) is 7.15. The summed E-state index contributed by atoms with van der Waals surface area (Å²) >= 11 is 6.36. The molecule has 1 aliphatic heterocycles. The zero-order valence-corrected chi connectivity index (χ0v) is 18.0. The molecule has 2 aromatic carbocycles. The van der Waals surface area contributed by atoms with Crippen molar-refractivity contribution in [1.82, 2.24) is 14.9 Å². The number of rotatable bonds is 8. The summed E-state index contributed by atoms with van der Waals surface area (Å²) in [7, 11) is 1.59. The van der Waals surface area contributed by atoms with Gasteiger partial charge in [0.1, 0.15) is 5.82 Å². The monoisotopic (exact) mass is 446 g/mol. The van der Waals surface area contributed by atoms with Gasteiger partial charge in [-0.3, -0.25) is 4.90 Å². The molecule has 0 aliphatic carbocycles. The lowest BCUT2D eigenvalue weighted by atomic mass is 10.2. The number of hydrogen-bond acceptors (Lipinski definition) is 7. The minimum atomic E-state index is -0.338. The molecule has 0 spiro atoms. The summed E-state index contributed by atoms with van der Waals surface area (Å²) in [5, 5.41) is 0.803. The zero-order chi connectivity index (χ0) is 21.6. The van der Waals surface area contributed by atoms with Crippen LogP contribution in [-0.2, 0) is 4.74 Å². The van der Waals surface area contributed by atoms with Crippen LogP contribution in [0.2, 0.25) is 0 Å². The molecule has 2 heterocycles. The number of anilines is 2. The van der Waals surface area contributed by atoms with Gasteiger partial charge in [-0.2, -0.15) is 0 Å². The van der Waals surface area contributed by atoms with Crippen molar-refractivity contribution in [3.63, 3.8) is 0 Å². The SMILES string of the molecule is COc1cc2nc(N(Cl)c3ccc(F)cc3)ncc2cc1OCCCN1CCOCC1. The molecule has 1 fully saturated rings. The maximum atomic E-state index is 13.2. The summed E-state index contributed by atoms with van der Waals surface area (Å²) in [6.07, 6.45) is 2.59. The summed E-state index contributed by atoms with van der Waals surface area (Å²) in [4.78, 5) is 11.2. The summed E-state index contributed by atoms with van der Waals surface area (Å²) in [5.41, 5.74) is 1.23. The molecule has 1 saturated heterocycles. The summed E-state index contributed by atoms with van der Waals surface area (Å²) in [6.45, 7) is 5.08. The minimum absolute atomic E-state index is 0.280. The molecule has 9 heteroatoms. The van der Waals surface area contributed by atoms with Gasteiger partial charge in [0.15, 0.2) is 11.5 Å². The highest BCUT2D eigenvalue weighted by Gasteiger charge is 2.14. The lowest BCUT2D eigenvalue weighted by Gasteiger charge is -2.26. The van der Waals surface area contributed by atoms with E-state index in [4.69, 9.17) is 26.0 Å². The van der Waals surface area contributed by atoms with Crippen LogP contribution in [0.5, 0.6) is 11.5 Å². The smallest absolute Gasteiger partial charge is 0.245 e. The first kappa shape index (κ1) is 21.5. The predicted molar refractivity (Wildman–Crippen MR) is 118 cm³/mol. The molecule has 0 amide bonds. The topological polar surface area (TPSA) is 60.0 Å². The van der Waals surface area contributed by atoms with Crippen molar-refractivity contribution in [2.45, 2.75) is 6.42 Å². The summed E-state index contributed by atoms with van der Waals surface area (Å²) < 4.78 is 31.3. The molecule has 4 rings (SSSR count). The number of methoxy groups -OCH3 is 1. The number of hydrogen-bond donors (Lipinski definition) is 0. The lowest BCUT2D eigenvalue weighted by molar-refractivity contribution is 0.0357. The highest BCUT2D eigenvalue weighted by Crippen LogP contribution is 2.33. The van der Waals surface area contributed by atoms with E-state index >= 15 is 0 Å². The number of morpholine rings is 1. The molecule has 0 saturated carbocycles. The zero-order valence-electron chi connectivity index (χ0n) is 17.3. The van der Waals surface area contributed by atoms with Gasteiger partial charge >= 0.3 is 0 Å². The van der Waals surface area contributed by atoms with Crippen molar-refractivity contribution in [2.75, 3.05) is 51.0 Å². The third kappa shape index (κ3) is 5.33. The van der Waals surface area contributed by atoms with E-state index in [0.717, 1.165) is 44.7 Å². The van der Waals surface area contributed by atoms with E-state index in [9.17, 15) is 4.39 Å². The number of ether oxygens (including phenoxy) is 3. The largest absolute Gasteiger partial charge is 0.493 e. The fourth-order valence-corrected chi connectivity index (χ4v) is 3.57. The average Bonchev–Trinajstić information content (AvgIpc) is 2.81. The van der Waals surface area contributed by atoms with Crippen LogP contribution in [0.3, 0.4) is 0 Å². The Balaban J connectivity index is 1.45. The Bertz CT molecular complexity index is 1020. The third-order valence-electron chi connectivity index (χ3n) is 5.06. The fraction of sp³-hybridized carbons (Fsp3) is 0.364. The van der Waals surface area contributed by atoms with Crippen molar-refractivity contribution >= 4 is 34.3 Å². The number of aromatic nitrogens is 2. The van der Waals surface area contributed by atoms with Gasteiger partial charge in [-0.25, -0.2) is 18.8 Å². The highest BCUT2D eigenvalue weighted by molar-refractivity contribution is 6.28. The minimum Gasteiger partial charge on any atom is -0.493 e. The fourth-order valence-electron chi connectivity index (χ4n) is 3.38. The normalized spacial score (nSPS) is 14.5. The molecule has 0 unspecified atom stereocenters. The van der Waals surface area contributed by atoms with Gasteiger partial charge in [0.25, 0.3) is 0 Å². The number of benzene rings is 2. The Hall–Kier alpha value is -2.68. The van der Waals surface area contributed by atoms with Crippen LogP contribution in [0.15, 0.2) is 42.6 Å². The van der Waals surface area contributed by atoms with E-state index in [1.165, 1.54) is 16.6 Å². The van der Waals surface area contributed by atoms with Gasteiger partial charge in [0.2, 0.25) is 5.95 Å². The van der Waals surface area contributed by atoms with Crippen LogP contribution in [0.4, 0.5) is 16.0 Å². The quantitative estimate of drug-likeness (QED) is 0.380. The molecule has 31 heavy (non-hydrogen) atoms. The van der Waals surface area contributed by atoms with Crippen LogP contribution in [0, 0.1) is 5.82 Å². The van der Waals surface area contributed by atoms with Crippen molar-refractivity contribution in [3.8, 4) is 11.5 Å². The molecule has 0 radical (unpaired) electrons. The van der Waals surface area contributed by atoms with E-state index in [1.807, 2.05) is 6.07 Å². The van der Waals surface area contributed by atoms with Gasteiger partial charge < -0.3 is 14.2 Å². The van der Waals surface area contributed by atoms with Gasteiger partial charge in [0, 0.05) is 49.1 Å². The van der Waals surface area contributed by atoms with Crippen LogP contribution >= 0.6 is 11.8 Å². The molecule has 0 bridgehead atoms. The van der Waals surface area contributed by atoms with E-state index < -0.39 is 0 Å². The van der Waals surface area contributed by atoms with Crippen molar-refractivity contribution in [2.24, 2.45) is 0 Å². The summed E-state index contributed by atoms with van der Waals surface area (Å²) in [6, 6.07) is 9.44. The Labute approximate surface area is 185 Å². The molecular weight excluding hydrogens is 423 g/mol. The number of fused-ring (bicyclic) bond motifs is 1. The van der Waals surface area contributed by atoms with E-state index in [1.54, 1.807) is 31.5 Å². The lowest BCUT2D eigenvalue weighted by Crippen LogP contribution is -2.37. The van der Waals surface area contributed by atoms with Crippen LogP contribution in [0.25, 0.3) is 10.9 Å². The van der Waals surface area contributed by atoms with E-state index in [-0.39, 0.29) is 11.8 Å². The maximum absolute atomic E-state index is 13.2. The first-order valence-corrected chi connectivity index (χ1v) is 10.5. The van der Waals surface area contributed by atoms with Gasteiger partial charge in [-0.1, -0.05) is 0 Å². The Morgan fingerprint density at radius 1 is 1.16 bits per heavy atom.